The van der Waals surface area contributed by atoms with Crippen molar-refractivity contribution in [1.29, 1.82) is 0 Å². The highest BCUT2D eigenvalue weighted by atomic mass is 16.5. The molecule has 8 heteroatoms. The monoisotopic (exact) mass is 414 g/mol. The molecule has 0 spiro atoms. The fourth-order valence-corrected chi connectivity index (χ4v) is 3.58. The van der Waals surface area contributed by atoms with Crippen LogP contribution in [0, 0.1) is 0 Å². The summed E-state index contributed by atoms with van der Waals surface area (Å²) in [5.41, 5.74) is 0.124. The van der Waals surface area contributed by atoms with E-state index >= 15 is 0 Å². The molecule has 1 amide bonds. The third kappa shape index (κ3) is 4.04. The Balaban J connectivity index is 2.06. The zero-order chi connectivity index (χ0) is 21.8. The summed E-state index contributed by atoms with van der Waals surface area (Å²) < 4.78 is 16.0. The molecule has 0 saturated carbocycles. The van der Waals surface area contributed by atoms with E-state index in [1.54, 1.807) is 24.3 Å². The van der Waals surface area contributed by atoms with Crippen LogP contribution in [0.2, 0.25) is 0 Å². The lowest BCUT2D eigenvalue weighted by atomic mass is 9.99. The third-order valence-electron chi connectivity index (χ3n) is 5.06. The second kappa shape index (κ2) is 9.04. The summed E-state index contributed by atoms with van der Waals surface area (Å²) in [6.45, 7) is 1.17. The number of quaternary nitrogens is 1. The topological polar surface area (TPSA) is 96.5 Å². The van der Waals surface area contributed by atoms with E-state index in [-0.39, 0.29) is 11.1 Å². The maximum absolute atomic E-state index is 13.3. The number of likely N-dealkylation sites (tertiary alicyclic amines) is 1. The Kier molecular flexibility index (Phi) is 6.47. The first-order chi connectivity index (χ1) is 14.4. The zero-order valence-corrected chi connectivity index (χ0v) is 17.6. The molecule has 2 heterocycles. The predicted octanol–water partition coefficient (Wildman–Crippen LogP) is 0.0554. The van der Waals surface area contributed by atoms with E-state index < -0.39 is 23.5 Å². The Morgan fingerprint density at radius 2 is 1.90 bits per heavy atom. The number of hydrogen-bond donors (Lipinski definition) is 1. The second-order valence-corrected chi connectivity index (χ2v) is 7.37. The summed E-state index contributed by atoms with van der Waals surface area (Å²) >= 11 is 0. The highest BCUT2D eigenvalue weighted by molar-refractivity contribution is 6.46. The van der Waals surface area contributed by atoms with Crippen LogP contribution in [0.4, 0.5) is 0 Å². The molecule has 1 N–H and O–H groups in total. The molecular weight excluding hydrogens is 388 g/mol. The van der Waals surface area contributed by atoms with Crippen LogP contribution in [0.15, 0.2) is 46.6 Å². The van der Waals surface area contributed by atoms with Gasteiger partial charge >= 0.3 is 0 Å². The van der Waals surface area contributed by atoms with Crippen molar-refractivity contribution in [2.45, 2.75) is 12.5 Å². The minimum absolute atomic E-state index is 0.112. The van der Waals surface area contributed by atoms with E-state index in [2.05, 4.69) is 0 Å². The number of benzene rings is 1. The average molecular weight is 414 g/mol. The van der Waals surface area contributed by atoms with Crippen LogP contribution >= 0.6 is 0 Å². The van der Waals surface area contributed by atoms with E-state index in [0.717, 1.165) is 6.54 Å². The van der Waals surface area contributed by atoms with Gasteiger partial charge in [0.25, 0.3) is 5.91 Å². The number of nitrogens with one attached hydrogen (secondary N) is 1. The fraction of sp³-hybridized carbons (Fsp3) is 0.364. The van der Waals surface area contributed by atoms with Gasteiger partial charge in [-0.3, -0.25) is 9.59 Å². The van der Waals surface area contributed by atoms with Gasteiger partial charge in [-0.05, 0) is 29.8 Å². The molecule has 160 valence electrons. The summed E-state index contributed by atoms with van der Waals surface area (Å²) in [5.74, 6) is -0.807. The van der Waals surface area contributed by atoms with Crippen molar-refractivity contribution in [3.63, 3.8) is 0 Å². The van der Waals surface area contributed by atoms with Gasteiger partial charge in [-0.25, -0.2) is 0 Å². The number of Topliss-reactive ketones (excluding diaryl/α,β-unsaturated/α-hetero) is 1. The molecule has 3 rings (SSSR count). The highest BCUT2D eigenvalue weighted by Crippen LogP contribution is 2.40. The van der Waals surface area contributed by atoms with Crippen molar-refractivity contribution in [3.05, 3.63) is 53.5 Å². The molecular formula is C22H26N2O6. The van der Waals surface area contributed by atoms with Crippen molar-refractivity contribution in [3.8, 4) is 11.5 Å². The number of nitrogens with zero attached hydrogens (tertiary/aromatic N) is 1. The number of rotatable bonds is 8. The number of ether oxygens (including phenoxy) is 2. The SMILES string of the molecule is COc1ccc(/C([O-])=C2\C(=O)C(=O)N(CCC[NH+](C)C)C2c2ccco2)cc1OC. The molecule has 1 aromatic heterocycles. The lowest BCUT2D eigenvalue weighted by Gasteiger charge is -2.26. The molecule has 1 unspecified atom stereocenters. The number of ketones is 1. The molecule has 30 heavy (non-hydrogen) atoms. The van der Waals surface area contributed by atoms with Crippen molar-refractivity contribution in [2.24, 2.45) is 0 Å². The van der Waals surface area contributed by atoms with Crippen molar-refractivity contribution >= 4 is 17.4 Å². The van der Waals surface area contributed by atoms with Gasteiger partial charge in [0.15, 0.2) is 11.5 Å². The first-order valence-corrected chi connectivity index (χ1v) is 9.70. The largest absolute Gasteiger partial charge is 0.872 e. The number of methoxy groups -OCH3 is 2. The van der Waals surface area contributed by atoms with Crippen LogP contribution in [0.3, 0.4) is 0 Å². The Morgan fingerprint density at radius 1 is 1.17 bits per heavy atom. The Morgan fingerprint density at radius 3 is 2.50 bits per heavy atom. The number of hydrogen-bond acceptors (Lipinski definition) is 6. The minimum atomic E-state index is -0.849. The molecule has 0 aliphatic carbocycles. The van der Waals surface area contributed by atoms with Crippen LogP contribution in [-0.2, 0) is 9.59 Å². The summed E-state index contributed by atoms with van der Waals surface area (Å²) in [4.78, 5) is 28.3. The van der Waals surface area contributed by atoms with Crippen LogP contribution < -0.4 is 19.5 Å². The standard InChI is InChI=1S/C22H26N2O6/c1-23(2)10-6-11-24-19(16-7-5-12-30-16)18(21(26)22(24)27)20(25)14-8-9-15(28-3)17(13-14)29-4/h5,7-9,12-13,19,25H,6,10-11H2,1-4H3/b20-18+. The summed E-state index contributed by atoms with van der Waals surface area (Å²) in [6.07, 6.45) is 2.15. The molecule has 2 aromatic rings. The quantitative estimate of drug-likeness (QED) is 0.373. The molecule has 1 aliphatic rings. The lowest BCUT2D eigenvalue weighted by molar-refractivity contribution is -0.858. The van der Waals surface area contributed by atoms with Gasteiger partial charge in [0.05, 0.1) is 41.1 Å². The van der Waals surface area contributed by atoms with Gasteiger partial charge < -0.3 is 28.8 Å². The zero-order valence-electron chi connectivity index (χ0n) is 17.6. The van der Waals surface area contributed by atoms with Crippen LogP contribution in [0.25, 0.3) is 5.76 Å². The molecule has 1 aromatic carbocycles. The smallest absolute Gasteiger partial charge is 0.295 e. The molecule has 1 fully saturated rings. The van der Waals surface area contributed by atoms with Crippen LogP contribution in [0.5, 0.6) is 11.5 Å². The van der Waals surface area contributed by atoms with Gasteiger partial charge in [-0.15, -0.1) is 0 Å². The van der Waals surface area contributed by atoms with Gasteiger partial charge in [0.2, 0.25) is 5.78 Å². The van der Waals surface area contributed by atoms with Crippen LogP contribution in [0.1, 0.15) is 23.8 Å². The van der Waals surface area contributed by atoms with Gasteiger partial charge in [0, 0.05) is 18.5 Å². The van der Waals surface area contributed by atoms with Gasteiger partial charge in [-0.1, -0.05) is 11.8 Å². The first-order valence-electron chi connectivity index (χ1n) is 9.70. The van der Waals surface area contributed by atoms with Gasteiger partial charge in [0.1, 0.15) is 11.8 Å². The maximum atomic E-state index is 13.3. The molecule has 0 bridgehead atoms. The first kappa shape index (κ1) is 21.4. The molecule has 8 nitrogen and oxygen atoms in total. The fourth-order valence-electron chi connectivity index (χ4n) is 3.58. The molecule has 0 radical (unpaired) electrons. The number of carbonyl (C=O) groups excluding carboxylic acids is 2. The van der Waals surface area contributed by atoms with E-state index in [1.165, 1.54) is 36.3 Å². The third-order valence-corrected chi connectivity index (χ3v) is 5.06. The van der Waals surface area contributed by atoms with E-state index in [0.29, 0.717) is 30.2 Å². The average Bonchev–Trinajstić information content (AvgIpc) is 3.35. The highest BCUT2D eigenvalue weighted by Gasteiger charge is 2.45. The number of furan rings is 1. The van der Waals surface area contributed by atoms with Gasteiger partial charge in [-0.2, -0.15) is 0 Å². The lowest BCUT2D eigenvalue weighted by Crippen LogP contribution is -3.05. The van der Waals surface area contributed by atoms with E-state index in [1.807, 2.05) is 14.1 Å². The van der Waals surface area contributed by atoms with E-state index in [9.17, 15) is 14.7 Å². The van der Waals surface area contributed by atoms with E-state index in [4.69, 9.17) is 13.9 Å². The second-order valence-electron chi connectivity index (χ2n) is 7.37. The minimum Gasteiger partial charge on any atom is -0.872 e. The number of carbonyl (C=O) groups is 2. The molecule has 1 atom stereocenters. The maximum Gasteiger partial charge on any atom is 0.295 e. The van der Waals surface area contributed by atoms with Crippen molar-refractivity contribution in [1.82, 2.24) is 4.90 Å². The van der Waals surface area contributed by atoms with Crippen molar-refractivity contribution < 1.29 is 33.5 Å². The normalized spacial score (nSPS) is 18.3. The Labute approximate surface area is 175 Å². The summed E-state index contributed by atoms with van der Waals surface area (Å²) in [7, 11) is 6.98. The van der Waals surface area contributed by atoms with Crippen molar-refractivity contribution in [2.75, 3.05) is 41.4 Å². The summed E-state index contributed by atoms with van der Waals surface area (Å²) in [5, 5.41) is 13.3. The Hall–Kier alpha value is -3.26. The Bertz CT molecular complexity index is 949. The number of amides is 1. The molecule has 1 saturated heterocycles. The predicted molar refractivity (Wildman–Crippen MR) is 107 cm³/mol. The molecule has 1 aliphatic heterocycles. The summed E-state index contributed by atoms with van der Waals surface area (Å²) in [6, 6.07) is 7.13. The van der Waals surface area contributed by atoms with Crippen LogP contribution in [-0.4, -0.2) is 58.0 Å².